The Hall–Kier alpha value is -2.22. The molecule has 172 valence electrons. The van der Waals surface area contributed by atoms with E-state index in [4.69, 9.17) is 11.6 Å². The molecule has 0 radical (unpaired) electrons. The van der Waals surface area contributed by atoms with Gasteiger partial charge in [-0.2, -0.15) is 0 Å². The van der Waals surface area contributed by atoms with Crippen LogP contribution in [0.5, 0.6) is 0 Å². The molecule has 2 N–H and O–H groups in total. The Balaban J connectivity index is 1.47. The Bertz CT molecular complexity index is 944. The quantitative estimate of drug-likeness (QED) is 0.693. The van der Waals surface area contributed by atoms with Gasteiger partial charge in [-0.25, -0.2) is 9.97 Å². The number of fused-ring (bicyclic) bond motifs is 1. The number of anilines is 1. The van der Waals surface area contributed by atoms with E-state index in [0.717, 1.165) is 22.6 Å². The second-order valence-corrected chi connectivity index (χ2v) is 9.56. The molecule has 1 aliphatic heterocycles. The predicted molar refractivity (Wildman–Crippen MR) is 126 cm³/mol. The van der Waals surface area contributed by atoms with Crippen LogP contribution in [0.1, 0.15) is 62.0 Å². The van der Waals surface area contributed by atoms with Gasteiger partial charge in [0.2, 0.25) is 5.91 Å². The maximum Gasteiger partial charge on any atom is 0.231 e. The Labute approximate surface area is 194 Å². The zero-order chi connectivity index (χ0) is 22.8. The molecule has 2 aliphatic rings. The third-order valence-corrected chi connectivity index (χ3v) is 6.72. The van der Waals surface area contributed by atoms with Crippen molar-refractivity contribution in [1.29, 1.82) is 0 Å². The van der Waals surface area contributed by atoms with Crippen molar-refractivity contribution in [1.82, 2.24) is 20.2 Å². The summed E-state index contributed by atoms with van der Waals surface area (Å²) in [5.41, 5.74) is 2.79. The number of nitrogens with zero attached hydrogens (tertiary/aromatic N) is 4. The van der Waals surface area contributed by atoms with E-state index in [2.05, 4.69) is 41.0 Å². The minimum absolute atomic E-state index is 0.136. The zero-order valence-corrected chi connectivity index (χ0v) is 19.7. The molecule has 2 aromatic rings. The Morgan fingerprint density at radius 1 is 1.19 bits per heavy atom. The molecule has 0 saturated carbocycles. The van der Waals surface area contributed by atoms with Crippen LogP contribution in [0.4, 0.5) is 5.82 Å². The summed E-state index contributed by atoms with van der Waals surface area (Å²) in [4.78, 5) is 26.5. The number of carbonyl (C=O) groups excluding carboxylic acids is 1. The summed E-state index contributed by atoms with van der Waals surface area (Å²) < 4.78 is 0. The largest absolute Gasteiger partial charge is 0.387 e. The van der Waals surface area contributed by atoms with E-state index >= 15 is 0 Å². The number of carbonyl (C=O) groups is 1. The maximum absolute atomic E-state index is 13.5. The predicted octanol–water partition coefficient (Wildman–Crippen LogP) is 3.10. The Morgan fingerprint density at radius 3 is 2.53 bits per heavy atom. The van der Waals surface area contributed by atoms with Gasteiger partial charge in [0.1, 0.15) is 12.1 Å². The third-order valence-electron chi connectivity index (χ3n) is 6.47. The summed E-state index contributed by atoms with van der Waals surface area (Å²) in [5, 5.41) is 14.4. The summed E-state index contributed by atoms with van der Waals surface area (Å²) in [7, 11) is 0. The number of hydrogen-bond acceptors (Lipinski definition) is 6. The lowest BCUT2D eigenvalue weighted by atomic mass is 9.96. The highest BCUT2D eigenvalue weighted by Crippen LogP contribution is 2.42. The Morgan fingerprint density at radius 2 is 1.88 bits per heavy atom. The summed E-state index contributed by atoms with van der Waals surface area (Å²) in [6.45, 7) is 9.57. The molecule has 1 aromatic heterocycles. The first-order valence-corrected chi connectivity index (χ1v) is 11.8. The van der Waals surface area contributed by atoms with Crippen molar-refractivity contribution in [2.45, 2.75) is 51.2 Å². The topological polar surface area (TPSA) is 81.6 Å². The summed E-state index contributed by atoms with van der Waals surface area (Å²) in [6, 6.07) is 7.87. The van der Waals surface area contributed by atoms with Crippen LogP contribution in [0, 0.1) is 0 Å². The minimum atomic E-state index is -0.516. The van der Waals surface area contributed by atoms with Gasteiger partial charge in [-0.1, -0.05) is 44.5 Å². The number of aliphatic hydroxyl groups is 1. The zero-order valence-electron chi connectivity index (χ0n) is 19.0. The summed E-state index contributed by atoms with van der Waals surface area (Å²) in [6.07, 6.45) is 1.71. The molecule has 1 aromatic carbocycles. The van der Waals surface area contributed by atoms with Gasteiger partial charge in [0, 0.05) is 49.4 Å². The first-order valence-electron chi connectivity index (χ1n) is 11.4. The van der Waals surface area contributed by atoms with Gasteiger partial charge < -0.3 is 20.2 Å². The van der Waals surface area contributed by atoms with E-state index in [-0.39, 0.29) is 17.7 Å². The van der Waals surface area contributed by atoms with Gasteiger partial charge in [0.15, 0.2) is 0 Å². The lowest BCUT2D eigenvalue weighted by Crippen LogP contribution is -2.51. The van der Waals surface area contributed by atoms with Gasteiger partial charge in [0.25, 0.3) is 0 Å². The van der Waals surface area contributed by atoms with Crippen LogP contribution in [-0.4, -0.2) is 64.6 Å². The average Bonchev–Trinajstić information content (AvgIpc) is 3.08. The van der Waals surface area contributed by atoms with Crippen LogP contribution in [0.3, 0.4) is 0 Å². The lowest BCUT2D eigenvalue weighted by Gasteiger charge is -2.38. The molecule has 8 heteroatoms. The molecule has 3 unspecified atom stereocenters. The molecule has 32 heavy (non-hydrogen) atoms. The molecule has 0 bridgehead atoms. The highest BCUT2D eigenvalue weighted by atomic mass is 35.5. The van der Waals surface area contributed by atoms with Crippen molar-refractivity contribution in [3.8, 4) is 0 Å². The number of nitrogens with one attached hydrogen (secondary N) is 1. The molecule has 1 amide bonds. The second kappa shape index (κ2) is 9.73. The van der Waals surface area contributed by atoms with Crippen LogP contribution in [0.15, 0.2) is 30.6 Å². The van der Waals surface area contributed by atoms with E-state index in [1.807, 2.05) is 29.2 Å². The second-order valence-electron chi connectivity index (χ2n) is 9.13. The van der Waals surface area contributed by atoms with Gasteiger partial charge in [-0.15, -0.1) is 0 Å². The summed E-state index contributed by atoms with van der Waals surface area (Å²) >= 11 is 6.06. The van der Waals surface area contributed by atoms with Gasteiger partial charge in [-0.05, 0) is 30.0 Å². The number of rotatable bonds is 6. The van der Waals surface area contributed by atoms with Gasteiger partial charge in [-0.3, -0.25) is 4.79 Å². The molecule has 7 nitrogen and oxygen atoms in total. The number of amides is 1. The number of halogens is 1. The van der Waals surface area contributed by atoms with Crippen LogP contribution in [0.25, 0.3) is 0 Å². The molecule has 1 saturated heterocycles. The number of hydrogen-bond donors (Lipinski definition) is 2. The lowest BCUT2D eigenvalue weighted by molar-refractivity contribution is -0.133. The fourth-order valence-electron chi connectivity index (χ4n) is 4.71. The molecular formula is C24H32ClN5O2. The van der Waals surface area contributed by atoms with Crippen molar-refractivity contribution in [3.63, 3.8) is 0 Å². The normalized spacial score (nSPS) is 21.7. The summed E-state index contributed by atoms with van der Waals surface area (Å²) in [5.74, 6) is 1.02. The third kappa shape index (κ3) is 4.75. The van der Waals surface area contributed by atoms with Crippen LogP contribution >= 0.6 is 11.6 Å². The molecule has 2 heterocycles. The van der Waals surface area contributed by atoms with E-state index in [1.54, 1.807) is 6.33 Å². The number of piperazine rings is 1. The average molecular weight is 458 g/mol. The first kappa shape index (κ1) is 23.0. The molecule has 4 rings (SSSR count). The maximum atomic E-state index is 13.5. The highest BCUT2D eigenvalue weighted by Gasteiger charge is 2.35. The fraction of sp³-hybridized carbons (Fsp3) is 0.542. The van der Waals surface area contributed by atoms with E-state index in [1.165, 1.54) is 0 Å². The highest BCUT2D eigenvalue weighted by molar-refractivity contribution is 6.30. The Kier molecular flexibility index (Phi) is 6.98. The van der Waals surface area contributed by atoms with Crippen molar-refractivity contribution in [3.05, 3.63) is 52.4 Å². The van der Waals surface area contributed by atoms with E-state index in [9.17, 15) is 9.90 Å². The monoisotopic (exact) mass is 457 g/mol. The van der Waals surface area contributed by atoms with Crippen molar-refractivity contribution in [2.24, 2.45) is 0 Å². The van der Waals surface area contributed by atoms with E-state index < -0.39 is 6.10 Å². The van der Waals surface area contributed by atoms with Crippen LogP contribution in [0.2, 0.25) is 5.02 Å². The molecule has 1 aliphatic carbocycles. The number of aliphatic hydroxyl groups excluding tert-OH is 1. The van der Waals surface area contributed by atoms with Crippen molar-refractivity contribution in [2.75, 3.05) is 37.6 Å². The molecular weight excluding hydrogens is 426 g/mol. The molecule has 0 spiro atoms. The smallest absolute Gasteiger partial charge is 0.231 e. The molecule has 1 fully saturated rings. The number of aromatic nitrogens is 2. The van der Waals surface area contributed by atoms with Crippen LogP contribution < -0.4 is 10.2 Å². The van der Waals surface area contributed by atoms with Crippen molar-refractivity contribution >= 4 is 23.3 Å². The van der Waals surface area contributed by atoms with Gasteiger partial charge >= 0.3 is 0 Å². The molecule has 3 atom stereocenters. The van der Waals surface area contributed by atoms with Gasteiger partial charge in [0.05, 0.1) is 17.7 Å². The van der Waals surface area contributed by atoms with Crippen molar-refractivity contribution < 1.29 is 9.90 Å². The first-order chi connectivity index (χ1) is 15.3. The van der Waals surface area contributed by atoms with Crippen LogP contribution in [-0.2, 0) is 4.79 Å². The minimum Gasteiger partial charge on any atom is -0.387 e. The van der Waals surface area contributed by atoms with E-state index in [0.29, 0.717) is 50.2 Å². The fourth-order valence-corrected chi connectivity index (χ4v) is 4.84. The SMILES string of the molecule is CC(C)NCC(C(=O)N1CCN(c2ncnc3c2C(C)CC3O)CC1)c1ccc(Cl)cc1. The standard InChI is InChI=1S/C24H32ClN5O2/c1-15(2)26-13-19(17-4-6-18(25)7-5-17)24(32)30-10-8-29(9-11-30)23-21-16(3)12-20(31)22(21)27-14-28-23/h4-7,14-16,19-20,26,31H,8-13H2,1-3H3. The number of benzene rings is 1.